The summed E-state index contributed by atoms with van der Waals surface area (Å²) in [6.45, 7) is 10.6. The summed E-state index contributed by atoms with van der Waals surface area (Å²) < 4.78 is 5.78. The van der Waals surface area contributed by atoms with Crippen LogP contribution in [0.25, 0.3) is 0 Å². The van der Waals surface area contributed by atoms with Gasteiger partial charge in [-0.05, 0) is 58.0 Å². The monoisotopic (exact) mass is 307 g/mol. The highest BCUT2D eigenvalue weighted by molar-refractivity contribution is 7.11. The predicted octanol–water partition coefficient (Wildman–Crippen LogP) is 4.29. The van der Waals surface area contributed by atoms with Crippen molar-refractivity contribution in [1.82, 2.24) is 4.90 Å². The Morgan fingerprint density at radius 2 is 1.95 bits per heavy atom. The van der Waals surface area contributed by atoms with E-state index in [9.17, 15) is 5.11 Å². The first-order chi connectivity index (χ1) is 9.88. The number of thiophene rings is 1. The number of hydrogen-bond acceptors (Lipinski definition) is 4. The SMILES string of the molecule is CCCN(Cc1ccc(C(C)(C)O)o1)Cc1ccc(C)s1. The largest absolute Gasteiger partial charge is 0.462 e. The lowest BCUT2D eigenvalue weighted by Crippen LogP contribution is -2.23. The number of furan rings is 1. The molecular weight excluding hydrogens is 282 g/mol. The van der Waals surface area contributed by atoms with Crippen LogP contribution in [0.3, 0.4) is 0 Å². The number of hydrogen-bond donors (Lipinski definition) is 1. The van der Waals surface area contributed by atoms with Gasteiger partial charge in [-0.1, -0.05) is 6.92 Å². The zero-order valence-electron chi connectivity index (χ0n) is 13.3. The van der Waals surface area contributed by atoms with Crippen molar-refractivity contribution in [3.05, 3.63) is 45.5 Å². The molecule has 2 heterocycles. The van der Waals surface area contributed by atoms with Crippen LogP contribution in [0.5, 0.6) is 0 Å². The van der Waals surface area contributed by atoms with E-state index in [2.05, 4.69) is 30.9 Å². The summed E-state index contributed by atoms with van der Waals surface area (Å²) in [6.07, 6.45) is 1.11. The number of nitrogens with zero attached hydrogens (tertiary/aromatic N) is 1. The Hall–Kier alpha value is -1.10. The highest BCUT2D eigenvalue weighted by Crippen LogP contribution is 2.24. The van der Waals surface area contributed by atoms with Crippen LogP contribution in [0.1, 0.15) is 48.5 Å². The summed E-state index contributed by atoms with van der Waals surface area (Å²) in [5.74, 6) is 1.54. The maximum atomic E-state index is 9.97. The third-order valence-corrected chi connectivity index (χ3v) is 4.34. The Labute approximate surface area is 131 Å². The van der Waals surface area contributed by atoms with Crippen molar-refractivity contribution in [2.75, 3.05) is 6.54 Å². The van der Waals surface area contributed by atoms with E-state index in [4.69, 9.17) is 4.42 Å². The van der Waals surface area contributed by atoms with E-state index in [0.717, 1.165) is 31.8 Å². The van der Waals surface area contributed by atoms with Crippen molar-refractivity contribution in [2.24, 2.45) is 0 Å². The fraction of sp³-hybridized carbons (Fsp3) is 0.529. The molecule has 0 fully saturated rings. The number of rotatable bonds is 7. The third-order valence-electron chi connectivity index (χ3n) is 3.36. The van der Waals surface area contributed by atoms with Gasteiger partial charge in [0, 0.05) is 16.3 Å². The first-order valence-electron chi connectivity index (χ1n) is 7.47. The second-order valence-electron chi connectivity index (χ2n) is 6.05. The minimum absolute atomic E-state index is 0.626. The first kappa shape index (κ1) is 16.3. The minimum atomic E-state index is -0.918. The molecule has 0 unspecified atom stereocenters. The molecule has 0 radical (unpaired) electrons. The van der Waals surface area contributed by atoms with Crippen LogP contribution in [-0.4, -0.2) is 16.6 Å². The van der Waals surface area contributed by atoms with Crippen LogP contribution in [0.2, 0.25) is 0 Å². The van der Waals surface area contributed by atoms with E-state index < -0.39 is 5.60 Å². The molecule has 0 aliphatic carbocycles. The molecule has 0 amide bonds. The molecule has 0 aromatic carbocycles. The van der Waals surface area contributed by atoms with Gasteiger partial charge in [-0.3, -0.25) is 4.90 Å². The zero-order chi connectivity index (χ0) is 15.5. The average molecular weight is 307 g/mol. The van der Waals surface area contributed by atoms with Crippen LogP contribution in [0.4, 0.5) is 0 Å². The maximum Gasteiger partial charge on any atom is 0.135 e. The summed E-state index contributed by atoms with van der Waals surface area (Å²) in [4.78, 5) is 5.12. The Morgan fingerprint density at radius 3 is 2.48 bits per heavy atom. The second-order valence-corrected chi connectivity index (χ2v) is 7.42. The molecule has 0 bridgehead atoms. The lowest BCUT2D eigenvalue weighted by Gasteiger charge is -2.20. The Morgan fingerprint density at radius 1 is 1.19 bits per heavy atom. The van der Waals surface area contributed by atoms with Gasteiger partial charge in [0.15, 0.2) is 0 Å². The number of aliphatic hydroxyl groups is 1. The fourth-order valence-electron chi connectivity index (χ4n) is 2.33. The fourth-order valence-corrected chi connectivity index (χ4v) is 3.27. The molecular formula is C17H25NO2S. The molecule has 3 nitrogen and oxygen atoms in total. The van der Waals surface area contributed by atoms with Gasteiger partial charge in [0.25, 0.3) is 0 Å². The van der Waals surface area contributed by atoms with Gasteiger partial charge in [-0.25, -0.2) is 0 Å². The molecule has 4 heteroatoms. The van der Waals surface area contributed by atoms with Gasteiger partial charge in [-0.2, -0.15) is 0 Å². The predicted molar refractivity (Wildman–Crippen MR) is 87.4 cm³/mol. The molecule has 0 aliphatic rings. The van der Waals surface area contributed by atoms with E-state index in [1.54, 1.807) is 13.8 Å². The Balaban J connectivity index is 2.03. The van der Waals surface area contributed by atoms with Crippen molar-refractivity contribution in [3.8, 4) is 0 Å². The topological polar surface area (TPSA) is 36.6 Å². The summed E-state index contributed by atoms with van der Waals surface area (Å²) in [7, 11) is 0. The van der Waals surface area contributed by atoms with E-state index in [1.807, 2.05) is 23.5 Å². The molecule has 2 aromatic rings. The van der Waals surface area contributed by atoms with E-state index in [0.29, 0.717) is 5.76 Å². The molecule has 2 rings (SSSR count). The minimum Gasteiger partial charge on any atom is -0.462 e. The van der Waals surface area contributed by atoms with Crippen molar-refractivity contribution < 1.29 is 9.52 Å². The lowest BCUT2D eigenvalue weighted by atomic mass is 10.1. The van der Waals surface area contributed by atoms with Gasteiger partial charge in [0.1, 0.15) is 17.1 Å². The van der Waals surface area contributed by atoms with E-state index in [-0.39, 0.29) is 0 Å². The first-order valence-corrected chi connectivity index (χ1v) is 8.29. The highest BCUT2D eigenvalue weighted by atomic mass is 32.1. The molecule has 0 spiro atoms. The maximum absolute atomic E-state index is 9.97. The molecule has 0 aliphatic heterocycles. The third kappa shape index (κ3) is 4.70. The Bertz CT molecular complexity index is 565. The molecule has 116 valence electrons. The van der Waals surface area contributed by atoms with Gasteiger partial charge < -0.3 is 9.52 Å². The molecule has 2 aromatic heterocycles. The smallest absolute Gasteiger partial charge is 0.135 e. The summed E-state index contributed by atoms with van der Waals surface area (Å²) in [6, 6.07) is 8.21. The summed E-state index contributed by atoms with van der Waals surface area (Å²) in [5.41, 5.74) is -0.918. The average Bonchev–Trinajstić information content (AvgIpc) is 2.98. The second kappa shape index (κ2) is 6.77. The molecule has 21 heavy (non-hydrogen) atoms. The van der Waals surface area contributed by atoms with Crippen LogP contribution < -0.4 is 0 Å². The van der Waals surface area contributed by atoms with Crippen LogP contribution in [0.15, 0.2) is 28.7 Å². The van der Waals surface area contributed by atoms with E-state index in [1.165, 1.54) is 9.75 Å². The zero-order valence-corrected chi connectivity index (χ0v) is 14.2. The van der Waals surface area contributed by atoms with Crippen molar-refractivity contribution in [2.45, 2.75) is 52.8 Å². The Kier molecular flexibility index (Phi) is 5.25. The van der Waals surface area contributed by atoms with Gasteiger partial charge in [-0.15, -0.1) is 11.3 Å². The van der Waals surface area contributed by atoms with Crippen molar-refractivity contribution in [3.63, 3.8) is 0 Å². The standard InChI is InChI=1S/C17H25NO2S/c1-5-10-18(12-15-8-6-13(2)21-15)11-14-7-9-16(20-14)17(3,4)19/h6-9,19H,5,10-12H2,1-4H3. The van der Waals surface area contributed by atoms with Gasteiger partial charge >= 0.3 is 0 Å². The van der Waals surface area contributed by atoms with E-state index >= 15 is 0 Å². The van der Waals surface area contributed by atoms with Crippen LogP contribution in [-0.2, 0) is 18.7 Å². The summed E-state index contributed by atoms with van der Waals surface area (Å²) >= 11 is 1.85. The quantitative estimate of drug-likeness (QED) is 0.829. The lowest BCUT2D eigenvalue weighted by molar-refractivity contribution is 0.0516. The van der Waals surface area contributed by atoms with Gasteiger partial charge in [0.2, 0.25) is 0 Å². The van der Waals surface area contributed by atoms with Crippen LogP contribution >= 0.6 is 11.3 Å². The molecule has 0 saturated heterocycles. The normalized spacial score (nSPS) is 12.3. The van der Waals surface area contributed by atoms with Crippen molar-refractivity contribution >= 4 is 11.3 Å². The van der Waals surface area contributed by atoms with Gasteiger partial charge in [0.05, 0.1) is 6.54 Å². The van der Waals surface area contributed by atoms with Crippen LogP contribution in [0, 0.1) is 6.92 Å². The molecule has 1 N–H and O–H groups in total. The molecule has 0 saturated carbocycles. The van der Waals surface area contributed by atoms with Crippen molar-refractivity contribution in [1.29, 1.82) is 0 Å². The summed E-state index contributed by atoms with van der Waals surface area (Å²) in [5, 5.41) is 9.97. The highest BCUT2D eigenvalue weighted by Gasteiger charge is 2.21. The molecule has 0 atom stereocenters. The number of aryl methyl sites for hydroxylation is 1.